The number of piperazine rings is 1. The van der Waals surface area contributed by atoms with Gasteiger partial charge in [0.15, 0.2) is 0 Å². The summed E-state index contributed by atoms with van der Waals surface area (Å²) in [7, 11) is 2.18. The standard InChI is InChI=1S/C13H21N3/c1-3-11-10-12(4-5-13(11)14)16-8-6-15(2)7-9-16/h4-5,10H,3,6-9,14H2,1-2H3. The maximum absolute atomic E-state index is 5.92. The Morgan fingerprint density at radius 3 is 2.50 bits per heavy atom. The highest BCUT2D eigenvalue weighted by molar-refractivity contribution is 5.58. The van der Waals surface area contributed by atoms with Gasteiger partial charge >= 0.3 is 0 Å². The minimum atomic E-state index is 0.917. The van der Waals surface area contributed by atoms with Crippen LogP contribution >= 0.6 is 0 Å². The number of hydrogen-bond donors (Lipinski definition) is 1. The third-order valence-electron chi connectivity index (χ3n) is 3.38. The monoisotopic (exact) mass is 219 g/mol. The van der Waals surface area contributed by atoms with E-state index < -0.39 is 0 Å². The summed E-state index contributed by atoms with van der Waals surface area (Å²) in [6.45, 7) is 6.67. The number of anilines is 2. The Morgan fingerprint density at radius 2 is 1.88 bits per heavy atom. The molecule has 3 heteroatoms. The summed E-state index contributed by atoms with van der Waals surface area (Å²) in [5.41, 5.74) is 9.42. The van der Waals surface area contributed by atoms with Crippen LogP contribution in [0.4, 0.5) is 11.4 Å². The van der Waals surface area contributed by atoms with E-state index in [0.29, 0.717) is 0 Å². The fourth-order valence-electron chi connectivity index (χ4n) is 2.16. The number of rotatable bonds is 2. The van der Waals surface area contributed by atoms with Crippen molar-refractivity contribution in [1.29, 1.82) is 0 Å². The highest BCUT2D eigenvalue weighted by Crippen LogP contribution is 2.22. The fraction of sp³-hybridized carbons (Fsp3) is 0.538. The van der Waals surface area contributed by atoms with E-state index in [-0.39, 0.29) is 0 Å². The van der Waals surface area contributed by atoms with Crippen LogP contribution in [0.1, 0.15) is 12.5 Å². The van der Waals surface area contributed by atoms with Crippen LogP contribution in [0.25, 0.3) is 0 Å². The molecular formula is C13H21N3. The molecule has 0 bridgehead atoms. The summed E-state index contributed by atoms with van der Waals surface area (Å²) in [6.07, 6.45) is 1.01. The van der Waals surface area contributed by atoms with Crippen LogP contribution in [0.2, 0.25) is 0 Å². The van der Waals surface area contributed by atoms with E-state index in [9.17, 15) is 0 Å². The Kier molecular flexibility index (Phi) is 3.34. The predicted octanol–water partition coefficient (Wildman–Crippen LogP) is 1.58. The SMILES string of the molecule is CCc1cc(N2CCN(C)CC2)ccc1N. The van der Waals surface area contributed by atoms with Crippen molar-refractivity contribution in [3.8, 4) is 0 Å². The first-order valence-electron chi connectivity index (χ1n) is 6.02. The number of aryl methyl sites for hydroxylation is 1. The number of hydrogen-bond acceptors (Lipinski definition) is 3. The van der Waals surface area contributed by atoms with Gasteiger partial charge in [0, 0.05) is 37.6 Å². The lowest BCUT2D eigenvalue weighted by Crippen LogP contribution is -2.44. The van der Waals surface area contributed by atoms with Gasteiger partial charge in [-0.3, -0.25) is 0 Å². The van der Waals surface area contributed by atoms with Crippen molar-refractivity contribution in [3.63, 3.8) is 0 Å². The van der Waals surface area contributed by atoms with Gasteiger partial charge in [-0.2, -0.15) is 0 Å². The lowest BCUT2D eigenvalue weighted by atomic mass is 10.1. The number of likely N-dealkylation sites (N-methyl/N-ethyl adjacent to an activating group) is 1. The van der Waals surface area contributed by atoms with Gasteiger partial charge in [-0.25, -0.2) is 0 Å². The highest BCUT2D eigenvalue weighted by Gasteiger charge is 2.14. The van der Waals surface area contributed by atoms with Crippen LogP contribution < -0.4 is 10.6 Å². The predicted molar refractivity (Wildman–Crippen MR) is 69.9 cm³/mol. The van der Waals surface area contributed by atoms with E-state index in [1.54, 1.807) is 0 Å². The van der Waals surface area contributed by atoms with E-state index in [1.807, 2.05) is 6.07 Å². The lowest BCUT2D eigenvalue weighted by Gasteiger charge is -2.34. The summed E-state index contributed by atoms with van der Waals surface area (Å²) in [5.74, 6) is 0. The average Bonchev–Trinajstić information content (AvgIpc) is 2.31. The third-order valence-corrected chi connectivity index (χ3v) is 3.38. The molecule has 2 N–H and O–H groups in total. The smallest absolute Gasteiger partial charge is 0.0371 e. The zero-order valence-electron chi connectivity index (χ0n) is 10.2. The summed E-state index contributed by atoms with van der Waals surface area (Å²) in [6, 6.07) is 6.41. The van der Waals surface area contributed by atoms with E-state index in [2.05, 4.69) is 35.9 Å². The number of nitrogen functional groups attached to an aromatic ring is 1. The highest BCUT2D eigenvalue weighted by atomic mass is 15.2. The van der Waals surface area contributed by atoms with Crippen molar-refractivity contribution in [2.75, 3.05) is 43.9 Å². The molecule has 88 valence electrons. The van der Waals surface area contributed by atoms with Crippen molar-refractivity contribution < 1.29 is 0 Å². The largest absolute Gasteiger partial charge is 0.399 e. The molecule has 0 aliphatic carbocycles. The molecule has 0 atom stereocenters. The van der Waals surface area contributed by atoms with Crippen LogP contribution in [0, 0.1) is 0 Å². The third kappa shape index (κ3) is 2.30. The van der Waals surface area contributed by atoms with Gasteiger partial charge < -0.3 is 15.5 Å². The minimum Gasteiger partial charge on any atom is -0.399 e. The lowest BCUT2D eigenvalue weighted by molar-refractivity contribution is 0.313. The molecule has 0 radical (unpaired) electrons. The van der Waals surface area contributed by atoms with Gasteiger partial charge in [-0.1, -0.05) is 6.92 Å². The van der Waals surface area contributed by atoms with Crippen LogP contribution in [0.3, 0.4) is 0 Å². The van der Waals surface area contributed by atoms with Gasteiger partial charge in [0.05, 0.1) is 0 Å². The maximum atomic E-state index is 5.92. The molecule has 3 nitrogen and oxygen atoms in total. The Hall–Kier alpha value is -1.22. The summed E-state index contributed by atoms with van der Waals surface area (Å²) in [5, 5.41) is 0. The molecule has 1 aromatic carbocycles. The first-order chi connectivity index (χ1) is 7.70. The van der Waals surface area contributed by atoms with Crippen LogP contribution in [-0.2, 0) is 6.42 Å². The molecule has 1 aliphatic rings. The molecule has 0 spiro atoms. The number of benzene rings is 1. The van der Waals surface area contributed by atoms with E-state index in [4.69, 9.17) is 5.73 Å². The van der Waals surface area contributed by atoms with Crippen molar-refractivity contribution in [2.45, 2.75) is 13.3 Å². The van der Waals surface area contributed by atoms with Crippen LogP contribution in [0.5, 0.6) is 0 Å². The van der Waals surface area contributed by atoms with Crippen LogP contribution in [0.15, 0.2) is 18.2 Å². The van der Waals surface area contributed by atoms with Gasteiger partial charge in [-0.05, 0) is 37.2 Å². The van der Waals surface area contributed by atoms with E-state index >= 15 is 0 Å². The molecule has 0 aromatic heterocycles. The molecule has 1 fully saturated rings. The van der Waals surface area contributed by atoms with Crippen molar-refractivity contribution in [3.05, 3.63) is 23.8 Å². The molecule has 16 heavy (non-hydrogen) atoms. The summed E-state index contributed by atoms with van der Waals surface area (Å²) >= 11 is 0. The number of nitrogens with zero attached hydrogens (tertiary/aromatic N) is 2. The Bertz CT molecular complexity index is 354. The second-order valence-electron chi connectivity index (χ2n) is 4.53. The maximum Gasteiger partial charge on any atom is 0.0371 e. The zero-order valence-corrected chi connectivity index (χ0v) is 10.2. The average molecular weight is 219 g/mol. The minimum absolute atomic E-state index is 0.917. The topological polar surface area (TPSA) is 32.5 Å². The molecule has 1 saturated heterocycles. The molecule has 0 saturated carbocycles. The van der Waals surface area contributed by atoms with Crippen LogP contribution in [-0.4, -0.2) is 38.1 Å². The molecule has 0 amide bonds. The quantitative estimate of drug-likeness (QED) is 0.767. The van der Waals surface area contributed by atoms with Crippen molar-refractivity contribution in [1.82, 2.24) is 4.90 Å². The molecule has 1 aromatic rings. The van der Waals surface area contributed by atoms with Crippen molar-refractivity contribution >= 4 is 11.4 Å². The summed E-state index contributed by atoms with van der Waals surface area (Å²) in [4.78, 5) is 4.81. The van der Waals surface area contributed by atoms with E-state index in [0.717, 1.165) is 38.3 Å². The Morgan fingerprint density at radius 1 is 1.19 bits per heavy atom. The Balaban J connectivity index is 2.14. The van der Waals surface area contributed by atoms with E-state index in [1.165, 1.54) is 11.3 Å². The molecule has 0 unspecified atom stereocenters. The molecule has 2 rings (SSSR count). The van der Waals surface area contributed by atoms with Gasteiger partial charge in [0.25, 0.3) is 0 Å². The zero-order chi connectivity index (χ0) is 11.5. The first kappa shape index (κ1) is 11.3. The second kappa shape index (κ2) is 4.74. The molecular weight excluding hydrogens is 198 g/mol. The van der Waals surface area contributed by atoms with Gasteiger partial charge in [0.1, 0.15) is 0 Å². The molecule has 1 aliphatic heterocycles. The second-order valence-corrected chi connectivity index (χ2v) is 4.53. The Labute approximate surface area is 97.8 Å². The van der Waals surface area contributed by atoms with Crippen molar-refractivity contribution in [2.24, 2.45) is 0 Å². The normalized spacial score (nSPS) is 17.8. The number of nitrogens with two attached hydrogens (primary N) is 1. The van der Waals surface area contributed by atoms with Gasteiger partial charge in [0.2, 0.25) is 0 Å². The summed E-state index contributed by atoms with van der Waals surface area (Å²) < 4.78 is 0. The first-order valence-corrected chi connectivity index (χ1v) is 6.02. The molecule has 1 heterocycles. The fourth-order valence-corrected chi connectivity index (χ4v) is 2.16. The van der Waals surface area contributed by atoms with Gasteiger partial charge in [-0.15, -0.1) is 0 Å².